The predicted octanol–water partition coefficient (Wildman–Crippen LogP) is 3.03. The Labute approximate surface area is 73.4 Å². The summed E-state index contributed by atoms with van der Waals surface area (Å²) in [5.41, 5.74) is 0.529. The number of halogens is 3. The molecule has 0 aliphatic heterocycles. The molecule has 4 heteroatoms. The van der Waals surface area contributed by atoms with Crippen LogP contribution in [0.4, 0.5) is 13.2 Å². The number of rotatable bonds is 2. The largest absolute Gasteiger partial charge is 0.573 e. The topological polar surface area (TPSA) is 9.23 Å². The van der Waals surface area contributed by atoms with Crippen molar-refractivity contribution in [3.05, 3.63) is 36.4 Å². The summed E-state index contributed by atoms with van der Waals surface area (Å²) in [5, 5.41) is 0. The van der Waals surface area contributed by atoms with Crippen molar-refractivity contribution in [1.82, 2.24) is 0 Å². The van der Waals surface area contributed by atoms with E-state index in [0.717, 1.165) is 6.07 Å². The maximum Gasteiger partial charge on any atom is 0.573 e. The van der Waals surface area contributed by atoms with Gasteiger partial charge >= 0.3 is 6.36 Å². The van der Waals surface area contributed by atoms with Crippen LogP contribution in [-0.4, -0.2) is 6.36 Å². The van der Waals surface area contributed by atoms with E-state index >= 15 is 0 Å². The molecule has 0 bridgehead atoms. The third-order valence-corrected chi connectivity index (χ3v) is 1.25. The van der Waals surface area contributed by atoms with Crippen molar-refractivity contribution in [2.75, 3.05) is 0 Å². The fourth-order valence-electron chi connectivity index (χ4n) is 0.778. The van der Waals surface area contributed by atoms with E-state index in [1.807, 2.05) is 0 Å². The van der Waals surface area contributed by atoms with E-state index in [9.17, 15) is 13.2 Å². The number of ether oxygens (including phenoxy) is 1. The van der Waals surface area contributed by atoms with Crippen molar-refractivity contribution in [2.45, 2.75) is 6.36 Å². The molecule has 1 nitrogen and oxygen atoms in total. The van der Waals surface area contributed by atoms with Crippen LogP contribution in [0, 0.1) is 6.07 Å². The van der Waals surface area contributed by atoms with Gasteiger partial charge in [0.2, 0.25) is 0 Å². The molecular weight excluding hydrogens is 181 g/mol. The lowest BCUT2D eigenvalue weighted by Gasteiger charge is -2.08. The Balaban J connectivity index is 2.84. The number of hydrogen-bond acceptors (Lipinski definition) is 1. The van der Waals surface area contributed by atoms with Crippen LogP contribution in [0.5, 0.6) is 5.75 Å². The van der Waals surface area contributed by atoms with Crippen LogP contribution < -0.4 is 4.74 Å². The number of hydrogen-bond donors (Lipinski definition) is 0. The molecule has 1 aromatic carbocycles. The quantitative estimate of drug-likeness (QED) is 0.691. The van der Waals surface area contributed by atoms with Crippen LogP contribution in [0.15, 0.2) is 24.8 Å². The van der Waals surface area contributed by atoms with Crippen molar-refractivity contribution < 1.29 is 17.9 Å². The molecule has 13 heavy (non-hydrogen) atoms. The highest BCUT2D eigenvalue weighted by Gasteiger charge is 2.30. The number of alkyl halides is 3. The van der Waals surface area contributed by atoms with Crippen molar-refractivity contribution in [1.29, 1.82) is 0 Å². The highest BCUT2D eigenvalue weighted by atomic mass is 19.4. The van der Waals surface area contributed by atoms with Crippen molar-refractivity contribution in [3.8, 4) is 5.75 Å². The summed E-state index contributed by atoms with van der Waals surface area (Å²) in [7, 11) is 0. The van der Waals surface area contributed by atoms with Crippen LogP contribution in [0.2, 0.25) is 0 Å². The SMILES string of the molecule is C=Cc1c[c]cc(OC(F)(F)F)c1. The van der Waals surface area contributed by atoms with Gasteiger partial charge in [0.15, 0.2) is 0 Å². The Morgan fingerprint density at radius 2 is 2.08 bits per heavy atom. The van der Waals surface area contributed by atoms with E-state index < -0.39 is 6.36 Å². The molecule has 0 spiro atoms. The van der Waals surface area contributed by atoms with Crippen LogP contribution in [0.25, 0.3) is 6.08 Å². The molecule has 0 fully saturated rings. The van der Waals surface area contributed by atoms with Gasteiger partial charge in [-0.1, -0.05) is 12.7 Å². The third-order valence-electron chi connectivity index (χ3n) is 1.25. The van der Waals surface area contributed by atoms with E-state index in [1.54, 1.807) is 0 Å². The lowest BCUT2D eigenvalue weighted by Crippen LogP contribution is -2.17. The van der Waals surface area contributed by atoms with Gasteiger partial charge in [-0.25, -0.2) is 0 Å². The molecule has 1 radical (unpaired) electrons. The van der Waals surface area contributed by atoms with Gasteiger partial charge in [0.1, 0.15) is 5.75 Å². The zero-order valence-electron chi connectivity index (χ0n) is 6.56. The zero-order chi connectivity index (χ0) is 9.90. The number of benzene rings is 1. The second-order valence-corrected chi connectivity index (χ2v) is 2.25. The molecule has 0 aliphatic carbocycles. The van der Waals surface area contributed by atoms with Crippen molar-refractivity contribution >= 4 is 6.08 Å². The van der Waals surface area contributed by atoms with E-state index in [1.165, 1.54) is 18.2 Å². The van der Waals surface area contributed by atoms with E-state index in [2.05, 4.69) is 17.4 Å². The summed E-state index contributed by atoms with van der Waals surface area (Å²) in [6, 6.07) is 6.36. The predicted molar refractivity (Wildman–Crippen MR) is 42.1 cm³/mol. The molecule has 0 saturated heterocycles. The molecule has 0 aromatic heterocycles. The molecule has 1 rings (SSSR count). The lowest BCUT2D eigenvalue weighted by molar-refractivity contribution is -0.274. The van der Waals surface area contributed by atoms with E-state index in [4.69, 9.17) is 0 Å². The van der Waals surface area contributed by atoms with Gasteiger partial charge < -0.3 is 4.74 Å². The average Bonchev–Trinajstić information content (AvgIpc) is 2.01. The molecule has 0 saturated carbocycles. The monoisotopic (exact) mass is 187 g/mol. The maximum absolute atomic E-state index is 11.7. The van der Waals surface area contributed by atoms with Gasteiger partial charge in [-0.3, -0.25) is 0 Å². The van der Waals surface area contributed by atoms with E-state index in [-0.39, 0.29) is 5.75 Å². The summed E-state index contributed by atoms with van der Waals surface area (Å²) >= 11 is 0. The molecule has 0 N–H and O–H groups in total. The van der Waals surface area contributed by atoms with Crippen LogP contribution in [-0.2, 0) is 0 Å². The van der Waals surface area contributed by atoms with Crippen LogP contribution in [0.1, 0.15) is 5.56 Å². The van der Waals surface area contributed by atoms with E-state index in [0.29, 0.717) is 5.56 Å². The lowest BCUT2D eigenvalue weighted by atomic mass is 10.2. The first kappa shape index (κ1) is 9.64. The first-order valence-electron chi connectivity index (χ1n) is 3.40. The second-order valence-electron chi connectivity index (χ2n) is 2.25. The first-order valence-corrected chi connectivity index (χ1v) is 3.40. The van der Waals surface area contributed by atoms with Crippen LogP contribution in [0.3, 0.4) is 0 Å². The molecule has 0 unspecified atom stereocenters. The minimum Gasteiger partial charge on any atom is -0.406 e. The smallest absolute Gasteiger partial charge is 0.406 e. The van der Waals surface area contributed by atoms with Gasteiger partial charge in [0.05, 0.1) is 0 Å². The van der Waals surface area contributed by atoms with Crippen LogP contribution >= 0.6 is 0 Å². The summed E-state index contributed by atoms with van der Waals surface area (Å²) in [4.78, 5) is 0. The average molecular weight is 187 g/mol. The summed E-state index contributed by atoms with van der Waals surface area (Å²) in [5.74, 6) is -0.287. The minimum atomic E-state index is -4.66. The summed E-state index contributed by atoms with van der Waals surface area (Å²) in [6.07, 6.45) is -3.24. The Morgan fingerprint density at radius 3 is 2.62 bits per heavy atom. The third kappa shape index (κ3) is 3.19. The zero-order valence-corrected chi connectivity index (χ0v) is 6.56. The molecule has 69 valence electrons. The highest BCUT2D eigenvalue weighted by Crippen LogP contribution is 2.23. The van der Waals surface area contributed by atoms with Gasteiger partial charge in [-0.05, 0) is 29.8 Å². The van der Waals surface area contributed by atoms with Crippen molar-refractivity contribution in [2.24, 2.45) is 0 Å². The molecular formula is C9H6F3O. The Kier molecular flexibility index (Phi) is 2.60. The summed E-state index contributed by atoms with van der Waals surface area (Å²) in [6.45, 7) is 3.41. The minimum absolute atomic E-state index is 0.287. The molecule has 0 amide bonds. The molecule has 0 atom stereocenters. The molecule has 0 aliphatic rings. The van der Waals surface area contributed by atoms with Crippen molar-refractivity contribution in [3.63, 3.8) is 0 Å². The molecule has 0 heterocycles. The Hall–Kier alpha value is -1.45. The normalized spacial score (nSPS) is 11.0. The fraction of sp³-hybridized carbons (Fsp3) is 0.111. The summed E-state index contributed by atoms with van der Waals surface area (Å²) < 4.78 is 38.8. The Bertz CT molecular complexity index is 304. The van der Waals surface area contributed by atoms with Gasteiger partial charge in [-0.2, -0.15) is 0 Å². The maximum atomic E-state index is 11.7. The van der Waals surface area contributed by atoms with Gasteiger partial charge in [0, 0.05) is 0 Å². The molecule has 1 aromatic rings. The highest BCUT2D eigenvalue weighted by molar-refractivity contribution is 5.49. The Morgan fingerprint density at radius 1 is 1.38 bits per heavy atom. The standard InChI is InChI=1S/C9H6F3O/c1-2-7-4-3-5-8(6-7)13-9(10,11)12/h2,4-6H,1H2. The van der Waals surface area contributed by atoms with Gasteiger partial charge in [-0.15, -0.1) is 13.2 Å². The fourth-order valence-corrected chi connectivity index (χ4v) is 0.778. The van der Waals surface area contributed by atoms with Gasteiger partial charge in [0.25, 0.3) is 0 Å². The second kappa shape index (κ2) is 3.51. The first-order chi connectivity index (χ1) is 6.01.